The van der Waals surface area contributed by atoms with Crippen LogP contribution in [0.2, 0.25) is 0 Å². The summed E-state index contributed by atoms with van der Waals surface area (Å²) in [6.07, 6.45) is 2.91. The standard InChI is InChI=1S/C22H36N2O3/c1-7-22(8-2)16-19(26-20(25)23-9-3)15-21(5,6)24(22)27-17(4)18-13-11-10-12-14-18/h10-14,17,19H,7-9,15-16H2,1-6H3,(H,23,25). The Labute approximate surface area is 164 Å². The molecule has 0 radical (unpaired) electrons. The first-order valence-corrected chi connectivity index (χ1v) is 10.2. The smallest absolute Gasteiger partial charge is 0.407 e. The van der Waals surface area contributed by atoms with Gasteiger partial charge in [-0.3, -0.25) is 4.84 Å². The number of carbonyl (C=O) groups excluding carboxylic acids is 1. The van der Waals surface area contributed by atoms with Gasteiger partial charge in [-0.2, -0.15) is 5.06 Å². The van der Waals surface area contributed by atoms with Gasteiger partial charge in [-0.15, -0.1) is 0 Å². The second kappa shape index (κ2) is 9.07. The zero-order chi connectivity index (χ0) is 20.1. The summed E-state index contributed by atoms with van der Waals surface area (Å²) in [5.41, 5.74) is 0.752. The van der Waals surface area contributed by atoms with Crippen LogP contribution in [-0.2, 0) is 9.57 Å². The molecule has 2 unspecified atom stereocenters. The summed E-state index contributed by atoms with van der Waals surface area (Å²) in [5, 5.41) is 4.95. The highest BCUT2D eigenvalue weighted by Crippen LogP contribution is 2.45. The maximum Gasteiger partial charge on any atom is 0.407 e. The van der Waals surface area contributed by atoms with E-state index in [-0.39, 0.29) is 29.4 Å². The van der Waals surface area contributed by atoms with Gasteiger partial charge < -0.3 is 10.1 Å². The zero-order valence-corrected chi connectivity index (χ0v) is 17.7. The van der Waals surface area contributed by atoms with E-state index in [1.54, 1.807) is 0 Å². The Morgan fingerprint density at radius 1 is 1.19 bits per heavy atom. The Bertz CT molecular complexity index is 599. The topological polar surface area (TPSA) is 50.8 Å². The Balaban J connectivity index is 2.23. The molecule has 1 fully saturated rings. The summed E-state index contributed by atoms with van der Waals surface area (Å²) in [7, 11) is 0. The molecule has 1 saturated heterocycles. The van der Waals surface area contributed by atoms with E-state index in [2.05, 4.69) is 57.1 Å². The quantitative estimate of drug-likeness (QED) is 0.708. The van der Waals surface area contributed by atoms with Crippen molar-refractivity contribution in [2.45, 2.75) is 90.5 Å². The molecule has 1 N–H and O–H groups in total. The summed E-state index contributed by atoms with van der Waals surface area (Å²) < 4.78 is 5.73. The van der Waals surface area contributed by atoms with Crippen molar-refractivity contribution in [2.75, 3.05) is 6.54 Å². The highest BCUT2D eigenvalue weighted by atomic mass is 16.7. The molecule has 5 nitrogen and oxygen atoms in total. The van der Waals surface area contributed by atoms with Crippen LogP contribution in [0.5, 0.6) is 0 Å². The number of hydrogen-bond acceptors (Lipinski definition) is 4. The number of hydroxylamine groups is 2. The van der Waals surface area contributed by atoms with Gasteiger partial charge in [0.25, 0.3) is 0 Å². The fraction of sp³-hybridized carbons (Fsp3) is 0.682. The molecule has 1 heterocycles. The molecule has 5 heteroatoms. The van der Waals surface area contributed by atoms with Crippen molar-refractivity contribution in [3.63, 3.8) is 0 Å². The number of hydrogen-bond donors (Lipinski definition) is 1. The van der Waals surface area contributed by atoms with E-state index < -0.39 is 0 Å². The van der Waals surface area contributed by atoms with Crippen molar-refractivity contribution in [1.82, 2.24) is 10.4 Å². The first-order chi connectivity index (χ1) is 12.8. The number of benzene rings is 1. The molecule has 1 aliphatic heterocycles. The van der Waals surface area contributed by atoms with Crippen molar-refractivity contribution in [3.05, 3.63) is 35.9 Å². The predicted molar refractivity (Wildman–Crippen MR) is 108 cm³/mol. The Hall–Kier alpha value is -1.59. The molecule has 27 heavy (non-hydrogen) atoms. The van der Waals surface area contributed by atoms with E-state index in [0.717, 1.165) is 31.2 Å². The molecule has 152 valence electrons. The minimum atomic E-state index is -0.327. The van der Waals surface area contributed by atoms with Crippen LogP contribution < -0.4 is 5.32 Å². The lowest BCUT2D eigenvalue weighted by molar-refractivity contribution is -0.322. The first-order valence-electron chi connectivity index (χ1n) is 10.2. The van der Waals surface area contributed by atoms with Gasteiger partial charge in [-0.1, -0.05) is 44.2 Å². The van der Waals surface area contributed by atoms with E-state index in [9.17, 15) is 4.79 Å². The molecule has 0 aliphatic carbocycles. The van der Waals surface area contributed by atoms with Gasteiger partial charge in [-0.25, -0.2) is 4.79 Å². The third-order valence-corrected chi connectivity index (χ3v) is 5.76. The fourth-order valence-electron chi connectivity index (χ4n) is 4.31. The average Bonchev–Trinajstić information content (AvgIpc) is 2.64. The number of nitrogens with zero attached hydrogens (tertiary/aromatic N) is 1. The van der Waals surface area contributed by atoms with Crippen LogP contribution in [0.25, 0.3) is 0 Å². The minimum absolute atomic E-state index is 0.0381. The summed E-state index contributed by atoms with van der Waals surface area (Å²) in [6, 6.07) is 10.3. The van der Waals surface area contributed by atoms with Crippen molar-refractivity contribution < 1.29 is 14.4 Å². The molecule has 0 saturated carbocycles. The normalized spacial score (nSPS) is 22.8. The van der Waals surface area contributed by atoms with Gasteiger partial charge >= 0.3 is 6.09 Å². The van der Waals surface area contributed by atoms with Gasteiger partial charge in [0.05, 0.1) is 0 Å². The minimum Gasteiger partial charge on any atom is -0.446 e. The van der Waals surface area contributed by atoms with Gasteiger partial charge in [0, 0.05) is 30.5 Å². The SMILES string of the molecule is CCNC(=O)OC1CC(C)(C)N(OC(C)c2ccccc2)C(CC)(CC)C1. The van der Waals surface area contributed by atoms with Crippen molar-refractivity contribution in [1.29, 1.82) is 0 Å². The van der Waals surface area contributed by atoms with E-state index in [0.29, 0.717) is 6.54 Å². The highest BCUT2D eigenvalue weighted by molar-refractivity contribution is 5.67. The highest BCUT2D eigenvalue weighted by Gasteiger charge is 2.51. The first kappa shape index (κ1) is 21.7. The lowest BCUT2D eigenvalue weighted by Crippen LogP contribution is -2.64. The largest absolute Gasteiger partial charge is 0.446 e. The third kappa shape index (κ3) is 5.02. The van der Waals surface area contributed by atoms with Crippen LogP contribution >= 0.6 is 0 Å². The molecule has 1 aromatic carbocycles. The average molecular weight is 377 g/mol. The molecule has 2 rings (SSSR count). The number of ether oxygens (including phenoxy) is 1. The molecule has 0 aromatic heterocycles. The number of piperidine rings is 1. The maximum absolute atomic E-state index is 12.0. The van der Waals surface area contributed by atoms with Crippen LogP contribution in [0.1, 0.15) is 78.9 Å². The Morgan fingerprint density at radius 3 is 2.37 bits per heavy atom. The van der Waals surface area contributed by atoms with Crippen LogP contribution in [0.4, 0.5) is 4.79 Å². The summed E-state index contributed by atoms with van der Waals surface area (Å²) in [4.78, 5) is 18.5. The molecule has 1 amide bonds. The van der Waals surface area contributed by atoms with E-state index >= 15 is 0 Å². The van der Waals surface area contributed by atoms with E-state index in [1.165, 1.54) is 0 Å². The van der Waals surface area contributed by atoms with Crippen LogP contribution in [0.3, 0.4) is 0 Å². The van der Waals surface area contributed by atoms with Crippen molar-refractivity contribution >= 4 is 6.09 Å². The van der Waals surface area contributed by atoms with E-state index in [1.807, 2.05) is 25.1 Å². The fourth-order valence-corrected chi connectivity index (χ4v) is 4.31. The monoisotopic (exact) mass is 376 g/mol. The molecule has 1 aromatic rings. The molecule has 0 bridgehead atoms. The summed E-state index contributed by atoms with van der Waals surface area (Å²) >= 11 is 0. The molecule has 2 atom stereocenters. The summed E-state index contributed by atoms with van der Waals surface area (Å²) in [5.74, 6) is 0. The van der Waals surface area contributed by atoms with E-state index in [4.69, 9.17) is 9.57 Å². The van der Waals surface area contributed by atoms with Crippen molar-refractivity contribution in [3.8, 4) is 0 Å². The van der Waals surface area contributed by atoms with Gasteiger partial charge in [0.2, 0.25) is 0 Å². The number of rotatable bonds is 7. The molecular weight excluding hydrogens is 340 g/mol. The van der Waals surface area contributed by atoms with Crippen LogP contribution in [-0.4, -0.2) is 34.9 Å². The second-order valence-electron chi connectivity index (χ2n) is 8.16. The third-order valence-electron chi connectivity index (χ3n) is 5.76. The van der Waals surface area contributed by atoms with Crippen molar-refractivity contribution in [2.24, 2.45) is 0 Å². The Morgan fingerprint density at radius 2 is 1.81 bits per heavy atom. The van der Waals surface area contributed by atoms with Gasteiger partial charge in [-0.05, 0) is 46.1 Å². The number of alkyl carbamates (subject to hydrolysis) is 1. The summed E-state index contributed by atoms with van der Waals surface area (Å²) in [6.45, 7) is 13.3. The molecule has 0 spiro atoms. The number of carbonyl (C=O) groups is 1. The zero-order valence-electron chi connectivity index (χ0n) is 17.7. The van der Waals surface area contributed by atoms with Crippen LogP contribution in [0.15, 0.2) is 30.3 Å². The molecular formula is C22H36N2O3. The second-order valence-corrected chi connectivity index (χ2v) is 8.16. The molecule has 1 aliphatic rings. The predicted octanol–water partition coefficient (Wildman–Crippen LogP) is 5.23. The number of nitrogens with one attached hydrogen (secondary N) is 1. The van der Waals surface area contributed by atoms with Crippen LogP contribution in [0, 0.1) is 0 Å². The van der Waals surface area contributed by atoms with Gasteiger partial charge in [0.1, 0.15) is 12.2 Å². The Kier molecular flexibility index (Phi) is 7.29. The lowest BCUT2D eigenvalue weighted by atomic mass is 9.75. The maximum atomic E-state index is 12.0. The number of amides is 1. The lowest BCUT2D eigenvalue weighted by Gasteiger charge is -2.56. The van der Waals surface area contributed by atoms with Gasteiger partial charge in [0.15, 0.2) is 0 Å².